The third-order valence-electron chi connectivity index (χ3n) is 23.8. The number of rotatable bonds is 20. The van der Waals surface area contributed by atoms with Gasteiger partial charge in [0, 0.05) is 152 Å². The smallest absolute Gasteiger partial charge is 0.316 e. The SMILES string of the molecule is CCC(=O)Oc1ccc(-c2cnn(C)c2)nc1-c1ccc(C#C[C@]2(CN3Cc4ccc(OC)cc4C3=O)CC(=O)NC2=O)cc1.COc1ccc2c(c1)C(=O)N(C[C@@]1(C#Cc3ccc(-c4nc(-c5cnn(C)c5)ccc4OC(=O)C(C)(C)C)cc3)CC(=O)NC1=O)C2.COc1ccc2c(c1)C(=O)N(C[C@@]1(C#Cc3ccc(-c4nc(-c5cnn(C)c5)ccc4OC(=O)C(C)C)cc3)CC(=O)NC1=O)C2. The minimum Gasteiger partial charge on any atom is -0.497 e. The van der Waals surface area contributed by atoms with Crippen molar-refractivity contribution in [2.75, 3.05) is 41.0 Å². The molecule has 12 heterocycles. The number of benzene rings is 6. The Bertz CT molecular complexity index is 7210. The van der Waals surface area contributed by atoms with Crippen LogP contribution in [0.5, 0.6) is 34.5 Å². The second-order valence-corrected chi connectivity index (χ2v) is 35.3. The van der Waals surface area contributed by atoms with Crippen LogP contribution in [0.2, 0.25) is 0 Å². The quantitative estimate of drug-likeness (QED) is 0.0362. The monoisotopic (exact) mass is 1850 g/mol. The molecular formula is C105H93N15O18. The van der Waals surface area contributed by atoms with Crippen molar-refractivity contribution < 1.29 is 86.0 Å². The van der Waals surface area contributed by atoms with Gasteiger partial charge in [0.1, 0.15) is 50.6 Å². The van der Waals surface area contributed by atoms with Crippen molar-refractivity contribution in [1.82, 2.24) is 74.9 Å². The number of esters is 3. The molecule has 9 amide bonds. The van der Waals surface area contributed by atoms with Gasteiger partial charge >= 0.3 is 17.9 Å². The normalized spacial score (nSPS) is 17.1. The molecule has 0 bridgehead atoms. The molecule has 0 saturated carbocycles. The van der Waals surface area contributed by atoms with Crippen molar-refractivity contribution in [1.29, 1.82) is 0 Å². The van der Waals surface area contributed by atoms with Gasteiger partial charge in [-0.2, -0.15) is 15.3 Å². The molecule has 3 saturated heterocycles. The van der Waals surface area contributed by atoms with Crippen LogP contribution < -0.4 is 44.4 Å². The number of ether oxygens (including phenoxy) is 6. The lowest BCUT2D eigenvalue weighted by molar-refractivity contribution is -0.143. The molecule has 6 aliphatic rings. The first-order valence-corrected chi connectivity index (χ1v) is 44.1. The summed E-state index contributed by atoms with van der Waals surface area (Å²) in [7, 11) is 10.0. The topological polar surface area (TPSA) is 398 Å². The summed E-state index contributed by atoms with van der Waals surface area (Å²) in [5, 5.41) is 19.7. The van der Waals surface area contributed by atoms with Gasteiger partial charge in [-0.1, -0.05) is 111 Å². The number of methoxy groups -OCH3 is 3. The van der Waals surface area contributed by atoms with Crippen LogP contribution in [-0.4, -0.2) is 171 Å². The Morgan fingerprint density at radius 2 is 0.710 bits per heavy atom. The summed E-state index contributed by atoms with van der Waals surface area (Å²) in [6, 6.07) is 47.7. The van der Waals surface area contributed by atoms with Gasteiger partial charge < -0.3 is 43.1 Å². The molecule has 0 aliphatic carbocycles. The molecule has 0 radical (unpaired) electrons. The summed E-state index contributed by atoms with van der Waals surface area (Å²) in [6.45, 7) is 11.3. The van der Waals surface area contributed by atoms with Crippen LogP contribution in [-0.2, 0) is 83.9 Å². The van der Waals surface area contributed by atoms with E-state index in [1.54, 1.807) is 234 Å². The number of aromatic nitrogens is 9. The van der Waals surface area contributed by atoms with Gasteiger partial charge in [-0.05, 0) is 147 Å². The highest BCUT2D eigenvalue weighted by atomic mass is 16.5. The van der Waals surface area contributed by atoms with Gasteiger partial charge in [-0.3, -0.25) is 87.5 Å². The van der Waals surface area contributed by atoms with Crippen molar-refractivity contribution in [3.63, 3.8) is 0 Å². The van der Waals surface area contributed by atoms with Crippen LogP contribution in [0.4, 0.5) is 0 Å². The summed E-state index contributed by atoms with van der Waals surface area (Å²) < 4.78 is 37.8. The molecule has 0 spiro atoms. The molecule has 12 aromatic rings. The zero-order valence-corrected chi connectivity index (χ0v) is 77.4. The van der Waals surface area contributed by atoms with E-state index in [0.717, 1.165) is 33.4 Å². The number of fused-ring (bicyclic) bond motifs is 3. The number of aryl methyl sites for hydroxylation is 3. The molecular weight excluding hydrogens is 1760 g/mol. The van der Waals surface area contributed by atoms with Gasteiger partial charge in [0.25, 0.3) is 17.7 Å². The van der Waals surface area contributed by atoms with Gasteiger partial charge in [0.15, 0.2) is 17.2 Å². The Morgan fingerprint density at radius 3 is 0.971 bits per heavy atom. The van der Waals surface area contributed by atoms with Gasteiger partial charge in [-0.15, -0.1) is 0 Å². The van der Waals surface area contributed by atoms with Crippen LogP contribution >= 0.6 is 0 Å². The molecule has 33 heteroatoms. The van der Waals surface area contributed by atoms with Crippen LogP contribution in [0, 0.1) is 63.1 Å². The highest BCUT2D eigenvalue weighted by Gasteiger charge is 2.52. The third kappa shape index (κ3) is 20.2. The molecule has 6 aliphatic heterocycles. The number of imide groups is 3. The molecule has 18 rings (SSSR count). The van der Waals surface area contributed by atoms with Crippen molar-refractivity contribution in [3.8, 4) is 138 Å². The highest BCUT2D eigenvalue weighted by Crippen LogP contribution is 2.42. The number of pyridine rings is 3. The molecule has 138 heavy (non-hydrogen) atoms. The number of carbonyl (C=O) groups is 12. The molecule has 6 aromatic carbocycles. The minimum atomic E-state index is -1.41. The molecule has 0 unspecified atom stereocenters. The first-order valence-electron chi connectivity index (χ1n) is 44.1. The fourth-order valence-electron chi connectivity index (χ4n) is 16.2. The highest BCUT2D eigenvalue weighted by molar-refractivity contribution is 6.11. The first-order chi connectivity index (χ1) is 66.1. The Labute approximate surface area is 792 Å². The number of amides is 9. The summed E-state index contributed by atoms with van der Waals surface area (Å²) in [5.41, 5.74) is 8.59. The summed E-state index contributed by atoms with van der Waals surface area (Å²) in [4.78, 5) is 173. The number of nitrogens with zero attached hydrogens (tertiary/aromatic N) is 12. The maximum atomic E-state index is 13.3. The molecule has 6 aromatic heterocycles. The number of carbonyl (C=O) groups excluding carboxylic acids is 12. The fraction of sp³-hybridized carbons (Fsp3) is 0.257. The van der Waals surface area contributed by atoms with E-state index in [2.05, 4.69) is 66.8 Å². The summed E-state index contributed by atoms with van der Waals surface area (Å²) >= 11 is 0. The summed E-state index contributed by atoms with van der Waals surface area (Å²) in [6.07, 6.45) is 10.4. The molecule has 33 nitrogen and oxygen atoms in total. The van der Waals surface area contributed by atoms with Crippen molar-refractivity contribution in [3.05, 3.63) is 251 Å². The zero-order valence-electron chi connectivity index (χ0n) is 77.4. The Morgan fingerprint density at radius 1 is 0.406 bits per heavy atom. The van der Waals surface area contributed by atoms with E-state index in [4.69, 9.17) is 43.4 Å². The van der Waals surface area contributed by atoms with E-state index in [9.17, 15) is 57.5 Å². The standard InChI is InChI=1S/C36H33N5O6.C35H31N5O6.C34H29N5O6/c1-35(2,3)34(45)47-29-13-12-28(25-18-37-40(4)19-25)38-31(29)23-8-6-22(7-9-23)14-15-36(17-30(42)39-33(36)44)21-41-20-24-10-11-26(46-5)16-27(24)32(41)43;1-21(2)33(43)46-29-12-11-28(25-17-36-39(3)18-25)37-31(29)23-7-5-22(6-8-23)13-14-35(16-30(41)38-34(35)44)20-40-19-24-9-10-26(45-4)15-27(24)32(40)42;1-4-30(41)45-28-12-11-27(24-17-35-38(2)18-24)36-31(28)22-7-5-21(6-8-22)13-14-34(16-29(40)37-33(34)43)20-39-19-23-9-10-25(44-3)15-26(23)32(39)42/h6-13,16,18-19H,17,20-21H2,1-5H3,(H,39,42,44);5-12,15,17-18,21H,16,19-20H2,1-4H3,(H,38,41,44);5-12,15,17-18H,4,16,19-20H2,1-3H3,(H,37,40,43)/t36-;35-;34-/m111/s1. The van der Waals surface area contributed by atoms with E-state index in [0.29, 0.717) is 138 Å². The Kier molecular flexibility index (Phi) is 26.4. The Hall–Kier alpha value is -17.3. The molecule has 696 valence electrons. The van der Waals surface area contributed by atoms with Crippen LogP contribution in [0.3, 0.4) is 0 Å². The maximum Gasteiger partial charge on any atom is 0.316 e. The number of hydrogen-bond acceptors (Lipinski definition) is 24. The van der Waals surface area contributed by atoms with Crippen molar-refractivity contribution >= 4 is 71.1 Å². The van der Waals surface area contributed by atoms with Gasteiger partial charge in [0.2, 0.25) is 35.4 Å². The number of nitrogens with one attached hydrogen (secondary N) is 3. The van der Waals surface area contributed by atoms with E-state index in [1.807, 2.05) is 57.9 Å². The lowest BCUT2D eigenvalue weighted by Crippen LogP contribution is -2.42. The number of hydrogen-bond donors (Lipinski definition) is 3. The largest absolute Gasteiger partial charge is 0.497 e. The predicted octanol–water partition coefficient (Wildman–Crippen LogP) is 11.4. The van der Waals surface area contributed by atoms with E-state index in [1.165, 1.54) is 21.3 Å². The lowest BCUT2D eigenvalue weighted by Gasteiger charge is -2.25. The fourth-order valence-corrected chi connectivity index (χ4v) is 16.2. The lowest BCUT2D eigenvalue weighted by atomic mass is 9.85. The maximum absolute atomic E-state index is 13.3. The van der Waals surface area contributed by atoms with Gasteiger partial charge in [-0.25, -0.2) is 15.0 Å². The second-order valence-electron chi connectivity index (χ2n) is 35.3. The molecule has 3 fully saturated rings. The van der Waals surface area contributed by atoms with Crippen molar-refractivity contribution in [2.24, 2.45) is 48.7 Å². The molecule has 3 N–H and O–H groups in total. The predicted molar refractivity (Wildman–Crippen MR) is 502 cm³/mol. The average Bonchev–Trinajstić information content (AvgIpc) is 1.69. The van der Waals surface area contributed by atoms with Crippen LogP contribution in [0.15, 0.2) is 201 Å². The van der Waals surface area contributed by atoms with Gasteiger partial charge in [0.05, 0.1) is 87.6 Å². The summed E-state index contributed by atoms with van der Waals surface area (Å²) in [5.74, 6) is 15.7. The van der Waals surface area contributed by atoms with Crippen LogP contribution in [0.25, 0.3) is 67.5 Å². The second kappa shape index (κ2) is 38.7. The van der Waals surface area contributed by atoms with E-state index >= 15 is 0 Å². The van der Waals surface area contributed by atoms with Crippen LogP contribution in [0.1, 0.15) is 132 Å². The third-order valence-corrected chi connectivity index (χ3v) is 23.8. The zero-order chi connectivity index (χ0) is 97.8. The van der Waals surface area contributed by atoms with E-state index < -0.39 is 63.1 Å². The average molecular weight is 1850 g/mol. The minimum absolute atomic E-state index is 0.0390. The van der Waals surface area contributed by atoms with Crippen molar-refractivity contribution in [2.45, 2.75) is 86.9 Å². The molecule has 3 atom stereocenters. The van der Waals surface area contributed by atoms with E-state index in [-0.39, 0.29) is 80.9 Å². The first kappa shape index (κ1) is 93.9. The Balaban J connectivity index is 0.000000150.